The van der Waals surface area contributed by atoms with Crippen LogP contribution in [0.15, 0.2) is 40.4 Å². The van der Waals surface area contributed by atoms with Gasteiger partial charge >= 0.3 is 10.1 Å². The number of methoxy groups -OCH3 is 2. The molecule has 2 aromatic rings. The van der Waals surface area contributed by atoms with Gasteiger partial charge in [-0.05, 0) is 52.6 Å². The fraction of sp³-hybridized carbons (Fsp3) is 0.440. The molecule has 0 bridgehead atoms. The van der Waals surface area contributed by atoms with Crippen LogP contribution >= 0.6 is 0 Å². The van der Waals surface area contributed by atoms with Gasteiger partial charge in [-0.1, -0.05) is 58.8 Å². The second-order valence-corrected chi connectivity index (χ2v) is 10.1. The van der Waals surface area contributed by atoms with Crippen molar-refractivity contribution < 1.29 is 22.2 Å². The van der Waals surface area contributed by atoms with Crippen molar-refractivity contribution in [3.05, 3.63) is 52.6 Å². The second-order valence-electron chi connectivity index (χ2n) is 8.64. The molecule has 2 aromatic carbocycles. The van der Waals surface area contributed by atoms with Crippen molar-refractivity contribution in [2.24, 2.45) is 5.16 Å². The largest absolute Gasteiger partial charge is 0.493 e. The van der Waals surface area contributed by atoms with Crippen molar-refractivity contribution in [1.82, 2.24) is 0 Å². The quantitative estimate of drug-likeness (QED) is 0.343. The average molecular weight is 473 g/mol. The molecule has 2 rings (SSSR count). The van der Waals surface area contributed by atoms with E-state index in [-0.39, 0.29) is 28.4 Å². The van der Waals surface area contributed by atoms with E-state index in [1.807, 2.05) is 45.9 Å². The molecule has 0 aliphatic rings. The van der Waals surface area contributed by atoms with Crippen LogP contribution in [0.25, 0.3) is 0 Å². The Balaban J connectivity index is 2.60. The maximum absolute atomic E-state index is 13.4. The minimum absolute atomic E-state index is 0.0557. The fourth-order valence-corrected chi connectivity index (χ4v) is 4.84. The van der Waals surface area contributed by atoms with Crippen LogP contribution in [0.2, 0.25) is 0 Å². The smallest absolute Gasteiger partial charge is 0.359 e. The lowest BCUT2D eigenvalue weighted by atomic mass is 9.89. The number of hydrogen-bond donors (Lipinski definition) is 0. The van der Waals surface area contributed by atoms with Gasteiger partial charge in [0.05, 0.1) is 14.2 Å². The highest BCUT2D eigenvalue weighted by Crippen LogP contribution is 2.36. The van der Waals surface area contributed by atoms with Crippen LogP contribution in [0.3, 0.4) is 0 Å². The highest BCUT2D eigenvalue weighted by Gasteiger charge is 2.29. The molecule has 7 nitrogen and oxygen atoms in total. The summed E-state index contributed by atoms with van der Waals surface area (Å²) in [6.07, 6.45) is 0. The summed E-state index contributed by atoms with van der Waals surface area (Å²) in [6, 6.07) is 10.4. The Labute approximate surface area is 197 Å². The number of nitriles is 1. The molecule has 0 unspecified atom stereocenters. The van der Waals surface area contributed by atoms with Gasteiger partial charge in [-0.25, -0.2) is 0 Å². The minimum Gasteiger partial charge on any atom is -0.493 e. The molecule has 0 heterocycles. The first kappa shape index (κ1) is 26.2. The van der Waals surface area contributed by atoms with Gasteiger partial charge in [0.1, 0.15) is 11.0 Å². The summed E-state index contributed by atoms with van der Waals surface area (Å²) in [5.41, 5.74) is 2.55. The van der Waals surface area contributed by atoms with Gasteiger partial charge in [0.25, 0.3) is 0 Å². The topological polar surface area (TPSA) is 98.0 Å². The van der Waals surface area contributed by atoms with E-state index in [2.05, 4.69) is 19.0 Å². The summed E-state index contributed by atoms with van der Waals surface area (Å²) < 4.78 is 42.3. The fourth-order valence-electron chi connectivity index (χ4n) is 3.42. The second kappa shape index (κ2) is 10.7. The van der Waals surface area contributed by atoms with Gasteiger partial charge < -0.3 is 9.47 Å². The van der Waals surface area contributed by atoms with Crippen LogP contribution in [0, 0.1) is 11.3 Å². The Bertz CT molecular complexity index is 1150. The molecule has 0 aliphatic heterocycles. The predicted octanol–water partition coefficient (Wildman–Crippen LogP) is 5.71. The van der Waals surface area contributed by atoms with E-state index in [1.54, 1.807) is 12.1 Å². The summed E-state index contributed by atoms with van der Waals surface area (Å²) in [6.45, 7) is 11.9. The van der Waals surface area contributed by atoms with Gasteiger partial charge in [-0.2, -0.15) is 13.7 Å². The first-order valence-corrected chi connectivity index (χ1v) is 12.2. The van der Waals surface area contributed by atoms with Crippen LogP contribution in [0.5, 0.6) is 11.5 Å². The van der Waals surface area contributed by atoms with Crippen LogP contribution in [0.4, 0.5) is 0 Å². The molecule has 0 atom stereocenters. The standard InChI is InChI=1S/C25H32N2O5S/c1-15(2)19-11-20(16(3)4)25(21(12-19)17(5)6)33(28,29)32-27-22(14-26)18-9-10-23(30-7)24(13-18)31-8/h9-13,15-17H,1-8H3. The Morgan fingerprint density at radius 2 is 1.42 bits per heavy atom. The summed E-state index contributed by atoms with van der Waals surface area (Å²) in [5.74, 6) is 0.986. The summed E-state index contributed by atoms with van der Waals surface area (Å²) >= 11 is 0. The van der Waals surface area contributed by atoms with E-state index in [0.29, 0.717) is 28.2 Å². The van der Waals surface area contributed by atoms with Gasteiger partial charge in [0, 0.05) is 5.56 Å². The maximum atomic E-state index is 13.4. The first-order chi connectivity index (χ1) is 15.5. The number of oxime groups is 1. The van der Waals surface area contributed by atoms with Crippen molar-refractivity contribution in [2.75, 3.05) is 14.2 Å². The zero-order chi connectivity index (χ0) is 24.9. The molecule has 0 radical (unpaired) electrons. The average Bonchev–Trinajstić information content (AvgIpc) is 2.77. The van der Waals surface area contributed by atoms with Gasteiger partial charge in [-0.15, -0.1) is 0 Å². The summed E-state index contributed by atoms with van der Waals surface area (Å²) in [7, 11) is -1.33. The van der Waals surface area contributed by atoms with Crippen LogP contribution < -0.4 is 9.47 Å². The van der Waals surface area contributed by atoms with E-state index in [9.17, 15) is 13.7 Å². The molecule has 0 saturated heterocycles. The normalized spacial score (nSPS) is 12.2. The molecule has 8 heteroatoms. The van der Waals surface area contributed by atoms with E-state index < -0.39 is 10.1 Å². The Morgan fingerprint density at radius 1 is 0.879 bits per heavy atom. The zero-order valence-corrected chi connectivity index (χ0v) is 21.3. The number of benzene rings is 2. The molecule has 0 amide bonds. The summed E-state index contributed by atoms with van der Waals surface area (Å²) in [5, 5.41) is 13.3. The van der Waals surface area contributed by atoms with Crippen molar-refractivity contribution >= 4 is 15.8 Å². The Kier molecular flexibility index (Phi) is 8.51. The minimum atomic E-state index is -4.29. The molecule has 0 N–H and O–H groups in total. The van der Waals surface area contributed by atoms with Gasteiger partial charge in [0.2, 0.25) is 0 Å². The lowest BCUT2D eigenvalue weighted by molar-refractivity contribution is 0.338. The SMILES string of the molecule is COc1ccc(C(C#N)=NOS(=O)(=O)c2c(C(C)C)cc(C(C)C)cc2C(C)C)cc1OC. The third-order valence-electron chi connectivity index (χ3n) is 5.32. The van der Waals surface area contributed by atoms with E-state index >= 15 is 0 Å². The predicted molar refractivity (Wildman–Crippen MR) is 129 cm³/mol. The van der Waals surface area contributed by atoms with E-state index in [4.69, 9.17) is 13.8 Å². The molecule has 0 spiro atoms. The van der Waals surface area contributed by atoms with Crippen LogP contribution in [-0.2, 0) is 14.4 Å². The molecule has 0 aromatic heterocycles. The zero-order valence-electron chi connectivity index (χ0n) is 20.5. The molecule has 0 saturated carbocycles. The van der Waals surface area contributed by atoms with Crippen LogP contribution in [0.1, 0.15) is 81.5 Å². The van der Waals surface area contributed by atoms with Gasteiger partial charge in [0.15, 0.2) is 17.2 Å². The van der Waals surface area contributed by atoms with Crippen molar-refractivity contribution in [3.63, 3.8) is 0 Å². The third-order valence-corrected chi connectivity index (χ3v) is 6.56. The molecule has 33 heavy (non-hydrogen) atoms. The number of nitrogens with zero attached hydrogens (tertiary/aromatic N) is 2. The number of hydrogen-bond acceptors (Lipinski definition) is 7. The van der Waals surface area contributed by atoms with Crippen molar-refractivity contribution in [3.8, 4) is 17.6 Å². The maximum Gasteiger partial charge on any atom is 0.359 e. The molecule has 178 valence electrons. The Morgan fingerprint density at radius 3 is 1.85 bits per heavy atom. The Hall–Kier alpha value is -3.05. The summed E-state index contributed by atoms with van der Waals surface area (Å²) in [4.78, 5) is 0.116. The number of rotatable bonds is 9. The van der Waals surface area contributed by atoms with Crippen LogP contribution in [-0.4, -0.2) is 28.3 Å². The van der Waals surface area contributed by atoms with E-state index in [0.717, 1.165) is 5.56 Å². The first-order valence-electron chi connectivity index (χ1n) is 10.8. The monoisotopic (exact) mass is 472 g/mol. The number of ether oxygens (including phenoxy) is 2. The van der Waals surface area contributed by atoms with Crippen molar-refractivity contribution in [2.45, 2.75) is 64.2 Å². The van der Waals surface area contributed by atoms with Gasteiger partial charge in [-0.3, -0.25) is 4.28 Å². The van der Waals surface area contributed by atoms with E-state index in [1.165, 1.54) is 20.3 Å². The van der Waals surface area contributed by atoms with Crippen molar-refractivity contribution in [1.29, 1.82) is 5.26 Å². The lowest BCUT2D eigenvalue weighted by Crippen LogP contribution is -2.14. The third kappa shape index (κ3) is 5.85. The lowest BCUT2D eigenvalue weighted by Gasteiger charge is -2.21. The molecule has 0 aliphatic carbocycles. The molecular formula is C25H32N2O5S. The molecule has 0 fully saturated rings. The molecular weight excluding hydrogens is 440 g/mol. The highest BCUT2D eigenvalue weighted by atomic mass is 32.2. The highest BCUT2D eigenvalue weighted by molar-refractivity contribution is 7.86.